The smallest absolute Gasteiger partial charge is 0.321 e. The molecule has 2 saturated heterocycles. The van der Waals surface area contributed by atoms with Crippen LogP contribution in [0.25, 0.3) is 0 Å². The van der Waals surface area contributed by atoms with E-state index in [2.05, 4.69) is 15.5 Å². The second-order valence-electron chi connectivity index (χ2n) is 5.00. The Morgan fingerprint density at radius 3 is 2.72 bits per heavy atom. The van der Waals surface area contributed by atoms with E-state index < -0.39 is 6.03 Å². The van der Waals surface area contributed by atoms with Crippen molar-refractivity contribution in [2.45, 2.75) is 38.3 Å². The van der Waals surface area contributed by atoms with Crippen LogP contribution >= 0.6 is 0 Å². The minimum Gasteiger partial charge on any atom is -0.379 e. The molecular formula is C12H21N3O3. The second kappa shape index (κ2) is 5.24. The Morgan fingerprint density at radius 2 is 2.22 bits per heavy atom. The predicted octanol–water partition coefficient (Wildman–Crippen LogP) is 0.0854. The molecule has 1 spiro atoms. The van der Waals surface area contributed by atoms with E-state index >= 15 is 0 Å². The lowest BCUT2D eigenvalue weighted by Crippen LogP contribution is -2.66. The average molecular weight is 255 g/mol. The lowest BCUT2D eigenvalue weighted by molar-refractivity contribution is -0.133. The van der Waals surface area contributed by atoms with Crippen molar-refractivity contribution < 1.29 is 14.3 Å². The zero-order chi connectivity index (χ0) is 13.2. The van der Waals surface area contributed by atoms with Crippen LogP contribution in [0.1, 0.15) is 26.7 Å². The number of urea groups is 1. The summed E-state index contributed by atoms with van der Waals surface area (Å²) in [6.45, 7) is 6.52. The van der Waals surface area contributed by atoms with Gasteiger partial charge in [-0.15, -0.1) is 0 Å². The third kappa shape index (κ3) is 2.35. The van der Waals surface area contributed by atoms with Crippen LogP contribution in [-0.2, 0) is 9.53 Å². The molecule has 2 heterocycles. The second-order valence-corrected chi connectivity index (χ2v) is 5.00. The molecule has 0 aromatic rings. The third-order valence-corrected chi connectivity index (χ3v) is 3.93. The Labute approximate surface area is 107 Å². The topological polar surface area (TPSA) is 70.7 Å². The van der Waals surface area contributed by atoms with Crippen molar-refractivity contribution in [3.63, 3.8) is 0 Å². The highest BCUT2D eigenvalue weighted by molar-refractivity contribution is 5.96. The van der Waals surface area contributed by atoms with E-state index in [0.29, 0.717) is 13.2 Å². The van der Waals surface area contributed by atoms with E-state index in [9.17, 15) is 9.59 Å². The molecule has 2 fully saturated rings. The first-order valence-electron chi connectivity index (χ1n) is 6.52. The molecule has 2 unspecified atom stereocenters. The Bertz CT molecular complexity index is 339. The predicted molar refractivity (Wildman–Crippen MR) is 66.2 cm³/mol. The van der Waals surface area contributed by atoms with Gasteiger partial charge in [-0.1, -0.05) is 0 Å². The number of nitrogens with one attached hydrogen (secondary N) is 2. The van der Waals surface area contributed by atoms with Gasteiger partial charge in [-0.3, -0.25) is 15.0 Å². The van der Waals surface area contributed by atoms with Crippen molar-refractivity contribution in [3.8, 4) is 0 Å². The number of carbonyl (C=O) groups is 2. The van der Waals surface area contributed by atoms with Crippen molar-refractivity contribution in [3.05, 3.63) is 0 Å². The highest BCUT2D eigenvalue weighted by atomic mass is 16.5. The van der Waals surface area contributed by atoms with Crippen molar-refractivity contribution in [1.29, 1.82) is 0 Å². The van der Waals surface area contributed by atoms with Crippen LogP contribution in [-0.4, -0.2) is 54.7 Å². The normalized spacial score (nSPS) is 28.8. The molecule has 0 aliphatic carbocycles. The van der Waals surface area contributed by atoms with E-state index in [4.69, 9.17) is 4.74 Å². The van der Waals surface area contributed by atoms with Gasteiger partial charge in [0.15, 0.2) is 0 Å². The van der Waals surface area contributed by atoms with Gasteiger partial charge in [0.05, 0.1) is 12.6 Å². The van der Waals surface area contributed by atoms with Gasteiger partial charge >= 0.3 is 6.03 Å². The van der Waals surface area contributed by atoms with Crippen LogP contribution in [0.4, 0.5) is 4.79 Å². The SMILES string of the molecule is CCNC(=O)NC(=O)C(C)N1CCC12CCOC2. The van der Waals surface area contributed by atoms with Gasteiger partial charge in [0.25, 0.3) is 0 Å². The largest absolute Gasteiger partial charge is 0.379 e. The van der Waals surface area contributed by atoms with E-state index in [1.165, 1.54) is 0 Å². The van der Waals surface area contributed by atoms with E-state index in [0.717, 1.165) is 26.0 Å². The number of rotatable bonds is 3. The lowest BCUT2D eigenvalue weighted by Gasteiger charge is -2.52. The minimum absolute atomic E-state index is 0.0397. The number of nitrogens with zero attached hydrogens (tertiary/aromatic N) is 1. The maximum atomic E-state index is 11.9. The molecule has 2 aliphatic heterocycles. The number of carbonyl (C=O) groups excluding carboxylic acids is 2. The summed E-state index contributed by atoms with van der Waals surface area (Å²) < 4.78 is 5.43. The molecule has 18 heavy (non-hydrogen) atoms. The Hall–Kier alpha value is -1.14. The number of imide groups is 1. The monoisotopic (exact) mass is 255 g/mol. The molecule has 0 bridgehead atoms. The van der Waals surface area contributed by atoms with Crippen LogP contribution in [0.2, 0.25) is 0 Å². The van der Waals surface area contributed by atoms with Crippen LogP contribution in [0.15, 0.2) is 0 Å². The molecule has 2 N–H and O–H groups in total. The van der Waals surface area contributed by atoms with Gasteiger partial charge in [0.2, 0.25) is 5.91 Å². The fraction of sp³-hybridized carbons (Fsp3) is 0.833. The Balaban J connectivity index is 1.89. The van der Waals surface area contributed by atoms with Gasteiger partial charge in [-0.25, -0.2) is 4.79 Å². The molecule has 0 saturated carbocycles. The van der Waals surface area contributed by atoms with Crippen molar-refractivity contribution >= 4 is 11.9 Å². The molecule has 102 valence electrons. The summed E-state index contributed by atoms with van der Waals surface area (Å²) in [5.41, 5.74) is 0.0397. The summed E-state index contributed by atoms with van der Waals surface area (Å²) >= 11 is 0. The summed E-state index contributed by atoms with van der Waals surface area (Å²) in [4.78, 5) is 25.4. The average Bonchev–Trinajstić information content (AvgIpc) is 2.78. The van der Waals surface area contributed by atoms with Crippen LogP contribution < -0.4 is 10.6 Å². The van der Waals surface area contributed by atoms with Crippen molar-refractivity contribution in [2.75, 3.05) is 26.3 Å². The first-order valence-corrected chi connectivity index (χ1v) is 6.52. The van der Waals surface area contributed by atoms with Crippen LogP contribution in [0.3, 0.4) is 0 Å². The third-order valence-electron chi connectivity index (χ3n) is 3.93. The number of hydrogen-bond donors (Lipinski definition) is 2. The summed E-state index contributed by atoms with van der Waals surface area (Å²) in [5, 5.41) is 4.92. The van der Waals surface area contributed by atoms with Gasteiger partial charge in [0, 0.05) is 25.2 Å². The summed E-state index contributed by atoms with van der Waals surface area (Å²) in [5.74, 6) is -0.244. The van der Waals surface area contributed by atoms with Crippen LogP contribution in [0.5, 0.6) is 0 Å². The number of hydrogen-bond acceptors (Lipinski definition) is 4. The van der Waals surface area contributed by atoms with E-state index in [1.54, 1.807) is 0 Å². The van der Waals surface area contributed by atoms with Gasteiger partial charge in [-0.2, -0.15) is 0 Å². The van der Waals surface area contributed by atoms with E-state index in [1.807, 2.05) is 13.8 Å². The molecule has 3 amide bonds. The molecule has 2 aliphatic rings. The van der Waals surface area contributed by atoms with Gasteiger partial charge in [-0.05, 0) is 26.7 Å². The Kier molecular flexibility index (Phi) is 3.87. The highest BCUT2D eigenvalue weighted by Gasteiger charge is 2.50. The quantitative estimate of drug-likeness (QED) is 0.749. The van der Waals surface area contributed by atoms with Gasteiger partial charge < -0.3 is 10.1 Å². The maximum Gasteiger partial charge on any atom is 0.321 e. The van der Waals surface area contributed by atoms with Crippen LogP contribution in [0, 0.1) is 0 Å². The minimum atomic E-state index is -0.424. The molecule has 0 aromatic carbocycles. The van der Waals surface area contributed by atoms with E-state index in [-0.39, 0.29) is 17.5 Å². The summed E-state index contributed by atoms with van der Waals surface area (Å²) in [6.07, 6.45) is 2.05. The molecule has 2 atom stereocenters. The maximum absolute atomic E-state index is 11.9. The number of likely N-dealkylation sites (tertiary alicyclic amines) is 1. The van der Waals surface area contributed by atoms with Gasteiger partial charge in [0.1, 0.15) is 0 Å². The first-order chi connectivity index (χ1) is 8.59. The number of amides is 3. The summed E-state index contributed by atoms with van der Waals surface area (Å²) in [6, 6.07) is -0.713. The van der Waals surface area contributed by atoms with Crippen molar-refractivity contribution in [2.24, 2.45) is 0 Å². The molecule has 0 radical (unpaired) electrons. The molecule has 2 rings (SSSR count). The molecular weight excluding hydrogens is 234 g/mol. The molecule has 6 heteroatoms. The highest BCUT2D eigenvalue weighted by Crippen LogP contribution is 2.39. The number of ether oxygens (including phenoxy) is 1. The standard InChI is InChI=1S/C12H21N3O3/c1-3-13-11(17)14-10(16)9(2)15-6-4-12(15)5-7-18-8-12/h9H,3-8H2,1-2H3,(H2,13,14,16,17). The molecule has 0 aromatic heterocycles. The first kappa shape index (κ1) is 13.3. The zero-order valence-electron chi connectivity index (χ0n) is 11.0. The zero-order valence-corrected chi connectivity index (χ0v) is 11.0. The molecule has 6 nitrogen and oxygen atoms in total. The fourth-order valence-electron chi connectivity index (χ4n) is 2.74. The Morgan fingerprint density at radius 1 is 1.44 bits per heavy atom. The summed E-state index contributed by atoms with van der Waals surface area (Å²) in [7, 11) is 0. The van der Waals surface area contributed by atoms with Crippen molar-refractivity contribution in [1.82, 2.24) is 15.5 Å². The lowest BCUT2D eigenvalue weighted by atomic mass is 9.82. The fourth-order valence-corrected chi connectivity index (χ4v) is 2.74.